The molecule has 0 N–H and O–H groups in total. The molecule has 2 aliphatic rings. The lowest BCUT2D eigenvalue weighted by atomic mass is 10.2. The van der Waals surface area contributed by atoms with Gasteiger partial charge in [-0.1, -0.05) is 12.1 Å². The largest absolute Gasteiger partial charge is 0.456 e. The first-order chi connectivity index (χ1) is 13.8. The van der Waals surface area contributed by atoms with Gasteiger partial charge in [0.15, 0.2) is 22.0 Å². The number of rotatable bonds is 7. The van der Waals surface area contributed by atoms with Gasteiger partial charge in [0.05, 0.1) is 23.4 Å². The van der Waals surface area contributed by atoms with Crippen LogP contribution < -0.4 is 5.76 Å². The van der Waals surface area contributed by atoms with Crippen LogP contribution in [-0.2, 0) is 30.7 Å². The predicted molar refractivity (Wildman–Crippen MR) is 103 cm³/mol. The van der Waals surface area contributed by atoms with Gasteiger partial charge in [-0.05, 0) is 31.4 Å². The van der Waals surface area contributed by atoms with Gasteiger partial charge in [-0.3, -0.25) is 14.2 Å². The van der Waals surface area contributed by atoms with E-state index in [9.17, 15) is 22.8 Å². The van der Waals surface area contributed by atoms with Crippen molar-refractivity contribution in [3.63, 3.8) is 0 Å². The molecule has 2 heterocycles. The van der Waals surface area contributed by atoms with Crippen molar-refractivity contribution < 1.29 is 27.2 Å². The van der Waals surface area contributed by atoms with E-state index in [1.54, 1.807) is 29.2 Å². The number of oxazole rings is 1. The summed E-state index contributed by atoms with van der Waals surface area (Å²) in [6.45, 7) is -0.344. The molecular formula is C19H22N2O7S. The third-order valence-electron chi connectivity index (χ3n) is 5.30. The van der Waals surface area contributed by atoms with E-state index in [1.165, 1.54) is 4.57 Å². The molecule has 1 aliphatic heterocycles. The number of amides is 1. The minimum Gasteiger partial charge on any atom is -0.456 e. The molecule has 0 radical (unpaired) electrons. The van der Waals surface area contributed by atoms with Crippen molar-refractivity contribution >= 4 is 32.8 Å². The Bertz CT molecular complexity index is 1100. The molecule has 29 heavy (non-hydrogen) atoms. The Hall–Kier alpha value is -2.62. The lowest BCUT2D eigenvalue weighted by Crippen LogP contribution is -2.44. The summed E-state index contributed by atoms with van der Waals surface area (Å²) in [5, 5.41) is 0. The molecule has 1 aliphatic carbocycles. The van der Waals surface area contributed by atoms with E-state index < -0.39 is 28.2 Å². The van der Waals surface area contributed by atoms with Gasteiger partial charge in [0.25, 0.3) is 5.91 Å². The smallest absolute Gasteiger partial charge is 0.419 e. The minimum absolute atomic E-state index is 0.0281. The molecule has 1 unspecified atom stereocenters. The number of carbonyl (C=O) groups is 2. The molecule has 156 valence electrons. The van der Waals surface area contributed by atoms with E-state index in [4.69, 9.17) is 9.15 Å². The maximum Gasteiger partial charge on any atom is 0.419 e. The van der Waals surface area contributed by atoms with E-state index in [2.05, 4.69) is 0 Å². The first-order valence-electron chi connectivity index (χ1n) is 9.59. The summed E-state index contributed by atoms with van der Waals surface area (Å²) in [6.07, 6.45) is 2.02. The molecule has 4 rings (SSSR count). The van der Waals surface area contributed by atoms with E-state index in [0.717, 1.165) is 12.8 Å². The number of hydrogen-bond acceptors (Lipinski definition) is 7. The number of nitrogens with zero attached hydrogens (tertiary/aromatic N) is 2. The van der Waals surface area contributed by atoms with Crippen molar-refractivity contribution in [2.45, 2.75) is 44.3 Å². The first kappa shape index (κ1) is 19.7. The van der Waals surface area contributed by atoms with Crippen LogP contribution in [0.1, 0.15) is 25.7 Å². The molecular weight excluding hydrogens is 400 g/mol. The van der Waals surface area contributed by atoms with Crippen molar-refractivity contribution in [2.75, 3.05) is 18.1 Å². The number of hydrogen-bond donors (Lipinski definition) is 0. The molecule has 10 heteroatoms. The topological polar surface area (TPSA) is 116 Å². The summed E-state index contributed by atoms with van der Waals surface area (Å²) in [5.74, 6) is -1.47. The van der Waals surface area contributed by atoms with Gasteiger partial charge in [0.1, 0.15) is 0 Å². The van der Waals surface area contributed by atoms with E-state index in [1.807, 2.05) is 0 Å². The van der Waals surface area contributed by atoms with Crippen molar-refractivity contribution in [1.29, 1.82) is 0 Å². The molecule has 1 saturated carbocycles. The Morgan fingerprint density at radius 2 is 1.93 bits per heavy atom. The molecule has 0 bridgehead atoms. The van der Waals surface area contributed by atoms with Crippen molar-refractivity contribution in [3.8, 4) is 0 Å². The second-order valence-electron chi connectivity index (χ2n) is 7.49. The Kier molecular flexibility index (Phi) is 5.20. The lowest BCUT2D eigenvalue weighted by Gasteiger charge is -2.28. The summed E-state index contributed by atoms with van der Waals surface area (Å²) in [5.41, 5.74) is 1.02. The average Bonchev–Trinajstić information content (AvgIpc) is 3.36. The van der Waals surface area contributed by atoms with Crippen LogP contribution in [0.3, 0.4) is 0 Å². The maximum absolute atomic E-state index is 12.6. The number of carbonyl (C=O) groups excluding carboxylic acids is 2. The van der Waals surface area contributed by atoms with Gasteiger partial charge in [-0.25, -0.2) is 13.2 Å². The molecule has 2 aromatic rings. The quantitative estimate of drug-likeness (QED) is 0.603. The van der Waals surface area contributed by atoms with Gasteiger partial charge in [0, 0.05) is 18.6 Å². The number of esters is 1. The van der Waals surface area contributed by atoms with E-state index >= 15 is 0 Å². The number of aryl methyl sites for hydroxylation is 1. The highest BCUT2D eigenvalue weighted by molar-refractivity contribution is 7.91. The maximum atomic E-state index is 12.6. The fourth-order valence-corrected chi connectivity index (χ4v) is 5.48. The minimum atomic E-state index is -3.11. The number of fused-ring (bicyclic) bond motifs is 1. The molecule has 9 nitrogen and oxygen atoms in total. The summed E-state index contributed by atoms with van der Waals surface area (Å²) < 4.78 is 35.0. The molecule has 1 aromatic carbocycles. The van der Waals surface area contributed by atoms with Crippen molar-refractivity contribution in [3.05, 3.63) is 34.8 Å². The fourth-order valence-electron chi connectivity index (χ4n) is 3.77. The van der Waals surface area contributed by atoms with Gasteiger partial charge in [-0.2, -0.15) is 0 Å². The van der Waals surface area contributed by atoms with Crippen LogP contribution in [-0.4, -0.2) is 60.0 Å². The number of para-hydroxylation sites is 2. The molecule has 1 atom stereocenters. The molecule has 0 spiro atoms. The molecule has 1 amide bonds. The van der Waals surface area contributed by atoms with Crippen LogP contribution in [0.25, 0.3) is 11.1 Å². The summed E-state index contributed by atoms with van der Waals surface area (Å²) in [7, 11) is -3.11. The SMILES string of the molecule is O=C(CCn1c(=O)oc2ccccc21)OCC(=O)N(C1CC1)C1CCS(=O)(=O)C1. The molecule has 1 aromatic heterocycles. The number of aromatic nitrogens is 1. The van der Waals surface area contributed by atoms with Crippen LogP contribution in [0.15, 0.2) is 33.5 Å². The number of ether oxygens (including phenoxy) is 1. The highest BCUT2D eigenvalue weighted by atomic mass is 32.2. The standard InChI is InChI=1S/C19H22N2O7S/c22-17(21(13-5-6-13)14-8-10-29(25,26)12-14)11-27-18(23)7-9-20-15-3-1-2-4-16(15)28-19(20)24/h1-4,13-14H,5-12H2. The summed E-state index contributed by atoms with van der Waals surface area (Å²) in [4.78, 5) is 38.2. The second kappa shape index (κ2) is 7.66. The summed E-state index contributed by atoms with van der Waals surface area (Å²) in [6, 6.07) is 6.60. The molecule has 2 fully saturated rings. The number of sulfone groups is 1. The van der Waals surface area contributed by atoms with Crippen molar-refractivity contribution in [2.24, 2.45) is 0 Å². The van der Waals surface area contributed by atoms with E-state index in [-0.39, 0.29) is 42.5 Å². The Labute approximate surface area is 167 Å². The van der Waals surface area contributed by atoms with Crippen LogP contribution in [0.5, 0.6) is 0 Å². The zero-order valence-corrected chi connectivity index (χ0v) is 16.6. The third-order valence-corrected chi connectivity index (χ3v) is 7.05. The number of benzene rings is 1. The van der Waals surface area contributed by atoms with Gasteiger partial charge in [-0.15, -0.1) is 0 Å². The van der Waals surface area contributed by atoms with Gasteiger partial charge >= 0.3 is 11.7 Å². The van der Waals surface area contributed by atoms with Crippen molar-refractivity contribution in [1.82, 2.24) is 9.47 Å². The fraction of sp³-hybridized carbons (Fsp3) is 0.526. The van der Waals surface area contributed by atoms with Crippen LogP contribution in [0.2, 0.25) is 0 Å². The highest BCUT2D eigenvalue weighted by Crippen LogP contribution is 2.32. The lowest BCUT2D eigenvalue weighted by molar-refractivity contribution is -0.153. The van der Waals surface area contributed by atoms with Crippen LogP contribution >= 0.6 is 0 Å². The van der Waals surface area contributed by atoms with Gasteiger partial charge < -0.3 is 14.1 Å². The monoisotopic (exact) mass is 422 g/mol. The third kappa shape index (κ3) is 4.36. The second-order valence-corrected chi connectivity index (χ2v) is 9.72. The normalized spacial score (nSPS) is 20.6. The van der Waals surface area contributed by atoms with Crippen LogP contribution in [0.4, 0.5) is 0 Å². The predicted octanol–water partition coefficient (Wildman–Crippen LogP) is 0.706. The average molecular weight is 422 g/mol. The van der Waals surface area contributed by atoms with Crippen LogP contribution in [0, 0.1) is 0 Å². The van der Waals surface area contributed by atoms with Gasteiger partial charge in [0.2, 0.25) is 0 Å². The Morgan fingerprint density at radius 1 is 1.17 bits per heavy atom. The Balaban J connectivity index is 1.32. The summed E-state index contributed by atoms with van der Waals surface area (Å²) >= 11 is 0. The highest BCUT2D eigenvalue weighted by Gasteiger charge is 2.42. The zero-order chi connectivity index (χ0) is 20.6. The molecule has 1 saturated heterocycles. The van der Waals surface area contributed by atoms with E-state index in [0.29, 0.717) is 17.5 Å². The Morgan fingerprint density at radius 3 is 2.62 bits per heavy atom. The zero-order valence-electron chi connectivity index (χ0n) is 15.8. The first-order valence-corrected chi connectivity index (χ1v) is 11.4.